The first-order chi connectivity index (χ1) is 8.95. The van der Waals surface area contributed by atoms with E-state index >= 15 is 0 Å². The number of rotatable bonds is 3. The molecule has 19 heavy (non-hydrogen) atoms. The van der Waals surface area contributed by atoms with Crippen LogP contribution in [-0.2, 0) is 12.0 Å². The molecule has 1 amide bonds. The predicted molar refractivity (Wildman–Crippen MR) is 76.4 cm³/mol. The Labute approximate surface area is 115 Å². The molecule has 106 valence electrons. The fourth-order valence-corrected chi connectivity index (χ4v) is 2.70. The zero-order valence-corrected chi connectivity index (χ0v) is 12.6. The second-order valence-corrected chi connectivity index (χ2v) is 6.34. The molecule has 0 bridgehead atoms. The van der Waals surface area contributed by atoms with Crippen LogP contribution in [0.2, 0.25) is 0 Å². The van der Waals surface area contributed by atoms with E-state index in [1.54, 1.807) is 6.20 Å². The van der Waals surface area contributed by atoms with Gasteiger partial charge < -0.3 is 4.90 Å². The Morgan fingerprint density at radius 1 is 1.32 bits per heavy atom. The minimum atomic E-state index is -0.0754. The van der Waals surface area contributed by atoms with E-state index in [1.165, 1.54) is 0 Å². The molecule has 1 aromatic heterocycles. The minimum Gasteiger partial charge on any atom is -0.339 e. The summed E-state index contributed by atoms with van der Waals surface area (Å²) in [4.78, 5) is 14.5. The van der Waals surface area contributed by atoms with Crippen LogP contribution in [0.4, 0.5) is 0 Å². The molecule has 1 aliphatic heterocycles. The first kappa shape index (κ1) is 14.1. The third-order valence-corrected chi connectivity index (χ3v) is 3.61. The summed E-state index contributed by atoms with van der Waals surface area (Å²) in [6, 6.07) is 0. The number of nitrogens with zero attached hydrogens (tertiary/aromatic N) is 3. The van der Waals surface area contributed by atoms with Crippen molar-refractivity contribution in [1.82, 2.24) is 14.7 Å². The molecule has 0 aromatic carbocycles. The van der Waals surface area contributed by atoms with Crippen molar-refractivity contribution in [2.45, 2.75) is 58.9 Å². The normalized spacial score (nSPS) is 16.1. The lowest BCUT2D eigenvalue weighted by atomic mass is 10.1. The van der Waals surface area contributed by atoms with Gasteiger partial charge in [-0.2, -0.15) is 5.10 Å². The number of hydrogen-bond donors (Lipinski definition) is 0. The van der Waals surface area contributed by atoms with Crippen molar-refractivity contribution in [3.63, 3.8) is 0 Å². The summed E-state index contributed by atoms with van der Waals surface area (Å²) in [7, 11) is 0. The van der Waals surface area contributed by atoms with Gasteiger partial charge in [0.25, 0.3) is 5.91 Å². The molecule has 0 spiro atoms. The van der Waals surface area contributed by atoms with Crippen molar-refractivity contribution < 1.29 is 4.79 Å². The van der Waals surface area contributed by atoms with Gasteiger partial charge in [0.15, 0.2) is 0 Å². The maximum atomic E-state index is 12.6. The molecule has 2 rings (SSSR count). The molecule has 1 saturated heterocycles. The topological polar surface area (TPSA) is 38.1 Å². The molecule has 0 aliphatic carbocycles. The molecular formula is C15H25N3O. The summed E-state index contributed by atoms with van der Waals surface area (Å²) < 4.78 is 2.01. The zero-order valence-electron chi connectivity index (χ0n) is 12.6. The van der Waals surface area contributed by atoms with Crippen LogP contribution in [0.25, 0.3) is 0 Å². The van der Waals surface area contributed by atoms with Crippen LogP contribution in [0.1, 0.15) is 63.0 Å². The second-order valence-electron chi connectivity index (χ2n) is 6.34. The Bertz CT molecular complexity index is 450. The third kappa shape index (κ3) is 2.82. The van der Waals surface area contributed by atoms with Gasteiger partial charge in [0.05, 0.1) is 23.0 Å². The molecule has 0 unspecified atom stereocenters. The van der Waals surface area contributed by atoms with Gasteiger partial charge in [-0.1, -0.05) is 13.3 Å². The van der Waals surface area contributed by atoms with Gasteiger partial charge in [-0.3, -0.25) is 9.48 Å². The number of aromatic nitrogens is 2. The molecule has 1 fully saturated rings. The van der Waals surface area contributed by atoms with Crippen molar-refractivity contribution in [1.29, 1.82) is 0 Å². The van der Waals surface area contributed by atoms with Crippen molar-refractivity contribution in [2.75, 3.05) is 13.1 Å². The lowest BCUT2D eigenvalue weighted by molar-refractivity contribution is 0.0791. The van der Waals surface area contributed by atoms with Gasteiger partial charge >= 0.3 is 0 Å². The Balaban J connectivity index is 2.34. The Kier molecular flexibility index (Phi) is 3.97. The van der Waals surface area contributed by atoms with Gasteiger partial charge in [0, 0.05) is 13.1 Å². The zero-order chi connectivity index (χ0) is 14.0. The average molecular weight is 263 g/mol. The van der Waals surface area contributed by atoms with Crippen molar-refractivity contribution in [3.8, 4) is 0 Å². The monoisotopic (exact) mass is 263 g/mol. The summed E-state index contributed by atoms with van der Waals surface area (Å²) in [5.41, 5.74) is 1.82. The molecule has 1 aliphatic rings. The summed E-state index contributed by atoms with van der Waals surface area (Å²) >= 11 is 0. The smallest absolute Gasteiger partial charge is 0.257 e. The summed E-state index contributed by atoms with van der Waals surface area (Å²) in [6.07, 6.45) is 5.95. The van der Waals surface area contributed by atoms with Gasteiger partial charge in [-0.05, 0) is 40.0 Å². The molecule has 0 N–H and O–H groups in total. The highest BCUT2D eigenvalue weighted by atomic mass is 16.2. The first-order valence-corrected chi connectivity index (χ1v) is 7.31. The van der Waals surface area contributed by atoms with Crippen LogP contribution in [0.5, 0.6) is 0 Å². The van der Waals surface area contributed by atoms with Crippen LogP contribution in [0, 0.1) is 0 Å². The van der Waals surface area contributed by atoms with Crippen molar-refractivity contribution >= 4 is 5.91 Å². The largest absolute Gasteiger partial charge is 0.339 e. The van der Waals surface area contributed by atoms with E-state index in [-0.39, 0.29) is 11.4 Å². The van der Waals surface area contributed by atoms with Crippen molar-refractivity contribution in [3.05, 3.63) is 17.5 Å². The van der Waals surface area contributed by atoms with Gasteiger partial charge in [-0.25, -0.2) is 0 Å². The van der Waals surface area contributed by atoms with Gasteiger partial charge in [0.1, 0.15) is 0 Å². The minimum absolute atomic E-state index is 0.0754. The lowest BCUT2D eigenvalue weighted by Gasteiger charge is -2.23. The van der Waals surface area contributed by atoms with E-state index in [2.05, 4.69) is 32.8 Å². The number of carbonyl (C=O) groups is 1. The van der Waals surface area contributed by atoms with E-state index in [1.807, 2.05) is 9.58 Å². The van der Waals surface area contributed by atoms with E-state index in [4.69, 9.17) is 0 Å². The standard InChI is InChI=1S/C15H25N3O/c1-5-8-13-12(11-16-18(13)15(2,3)4)14(19)17-9-6-7-10-17/h11H,5-10H2,1-4H3. The number of carbonyl (C=O) groups excluding carboxylic acids is 1. The molecule has 0 radical (unpaired) electrons. The fraction of sp³-hybridized carbons (Fsp3) is 0.733. The molecule has 4 heteroatoms. The summed E-state index contributed by atoms with van der Waals surface area (Å²) in [5, 5.41) is 4.47. The summed E-state index contributed by atoms with van der Waals surface area (Å²) in [6.45, 7) is 10.3. The van der Waals surface area contributed by atoms with Crippen molar-refractivity contribution in [2.24, 2.45) is 0 Å². The maximum absolute atomic E-state index is 12.6. The Hall–Kier alpha value is -1.32. The molecule has 0 atom stereocenters. The predicted octanol–water partition coefficient (Wildman–Crippen LogP) is 2.83. The Morgan fingerprint density at radius 2 is 1.95 bits per heavy atom. The van der Waals surface area contributed by atoms with Gasteiger partial charge in [-0.15, -0.1) is 0 Å². The van der Waals surface area contributed by atoms with Gasteiger partial charge in [0.2, 0.25) is 0 Å². The highest BCUT2D eigenvalue weighted by Crippen LogP contribution is 2.23. The maximum Gasteiger partial charge on any atom is 0.257 e. The summed E-state index contributed by atoms with van der Waals surface area (Å²) in [5.74, 6) is 0.163. The Morgan fingerprint density at radius 3 is 2.47 bits per heavy atom. The van der Waals surface area contributed by atoms with Crippen LogP contribution in [0.15, 0.2) is 6.20 Å². The third-order valence-electron chi connectivity index (χ3n) is 3.61. The SMILES string of the molecule is CCCc1c(C(=O)N2CCCC2)cnn1C(C)(C)C. The van der Waals surface area contributed by atoms with E-state index in [0.717, 1.165) is 50.0 Å². The second kappa shape index (κ2) is 5.35. The van der Waals surface area contributed by atoms with Crippen LogP contribution >= 0.6 is 0 Å². The fourth-order valence-electron chi connectivity index (χ4n) is 2.70. The lowest BCUT2D eigenvalue weighted by Crippen LogP contribution is -2.30. The molecular weight excluding hydrogens is 238 g/mol. The average Bonchev–Trinajstić information content (AvgIpc) is 2.96. The van der Waals surface area contributed by atoms with E-state index < -0.39 is 0 Å². The van der Waals surface area contributed by atoms with E-state index in [0.29, 0.717) is 0 Å². The van der Waals surface area contributed by atoms with Crippen LogP contribution in [-0.4, -0.2) is 33.7 Å². The number of hydrogen-bond acceptors (Lipinski definition) is 2. The quantitative estimate of drug-likeness (QED) is 0.841. The highest BCUT2D eigenvalue weighted by molar-refractivity contribution is 5.95. The molecule has 4 nitrogen and oxygen atoms in total. The van der Waals surface area contributed by atoms with Crippen LogP contribution < -0.4 is 0 Å². The molecule has 2 heterocycles. The van der Waals surface area contributed by atoms with Crippen LogP contribution in [0.3, 0.4) is 0 Å². The molecule has 0 saturated carbocycles. The van der Waals surface area contributed by atoms with E-state index in [9.17, 15) is 4.79 Å². The molecule has 1 aromatic rings. The number of likely N-dealkylation sites (tertiary alicyclic amines) is 1. The highest BCUT2D eigenvalue weighted by Gasteiger charge is 2.27. The first-order valence-electron chi connectivity index (χ1n) is 7.31. The number of amides is 1.